The molecule has 3 rings (SSSR count). The van der Waals surface area contributed by atoms with E-state index in [1.54, 1.807) is 42.4 Å². The van der Waals surface area contributed by atoms with Gasteiger partial charge in [0.25, 0.3) is 5.91 Å². The summed E-state index contributed by atoms with van der Waals surface area (Å²) < 4.78 is 16.8. The second kappa shape index (κ2) is 10.5. The maximum absolute atomic E-state index is 13.3. The Balaban J connectivity index is 1.84. The standard InChI is InChI=1S/C24H26N2O4/c1-3-11-30-22-10-9-19(14-23(22)28-2)16-26(17-21-8-5-12-29-21)24(27)20-7-4-6-18(13-20)15-25/h3-4,6-7,9-10,13-14,21H,1,5,8,11-12,16-17H2,2H3. The summed E-state index contributed by atoms with van der Waals surface area (Å²) in [7, 11) is 1.59. The summed E-state index contributed by atoms with van der Waals surface area (Å²) >= 11 is 0. The van der Waals surface area contributed by atoms with Crippen molar-refractivity contribution in [3.05, 3.63) is 71.8 Å². The van der Waals surface area contributed by atoms with Gasteiger partial charge in [-0.25, -0.2) is 0 Å². The molecular weight excluding hydrogens is 380 g/mol. The van der Waals surface area contributed by atoms with E-state index in [9.17, 15) is 4.79 Å². The molecule has 1 aliphatic rings. The van der Waals surface area contributed by atoms with Crippen LogP contribution in [0.2, 0.25) is 0 Å². The van der Waals surface area contributed by atoms with E-state index in [2.05, 4.69) is 12.6 Å². The molecule has 1 saturated heterocycles. The Bertz CT molecular complexity index is 929. The lowest BCUT2D eigenvalue weighted by Gasteiger charge is -2.26. The molecular formula is C24H26N2O4. The average Bonchev–Trinajstić information content (AvgIpc) is 3.30. The van der Waals surface area contributed by atoms with Crippen LogP contribution in [0.5, 0.6) is 11.5 Å². The number of hydrogen-bond acceptors (Lipinski definition) is 5. The van der Waals surface area contributed by atoms with Gasteiger partial charge in [-0.3, -0.25) is 4.79 Å². The minimum absolute atomic E-state index is 0.0187. The molecule has 0 radical (unpaired) electrons. The number of carbonyl (C=O) groups excluding carboxylic acids is 1. The van der Waals surface area contributed by atoms with E-state index in [0.717, 1.165) is 25.0 Å². The van der Waals surface area contributed by atoms with Crippen LogP contribution in [0.25, 0.3) is 0 Å². The Kier molecular flexibility index (Phi) is 7.47. The lowest BCUT2D eigenvalue weighted by Crippen LogP contribution is -2.37. The number of benzene rings is 2. The number of rotatable bonds is 9. The summed E-state index contributed by atoms with van der Waals surface area (Å²) in [5.41, 5.74) is 1.87. The molecule has 1 fully saturated rings. The van der Waals surface area contributed by atoms with Crippen LogP contribution >= 0.6 is 0 Å². The normalized spacial score (nSPS) is 15.3. The summed E-state index contributed by atoms with van der Waals surface area (Å²) in [6, 6.07) is 14.5. The highest BCUT2D eigenvalue weighted by Crippen LogP contribution is 2.29. The Labute approximate surface area is 177 Å². The highest BCUT2D eigenvalue weighted by atomic mass is 16.5. The summed E-state index contributed by atoms with van der Waals surface area (Å²) in [6.45, 7) is 5.65. The van der Waals surface area contributed by atoms with E-state index in [-0.39, 0.29) is 12.0 Å². The Morgan fingerprint density at radius 2 is 2.20 bits per heavy atom. The van der Waals surface area contributed by atoms with Crippen LogP contribution in [0, 0.1) is 11.3 Å². The first kappa shape index (κ1) is 21.4. The fourth-order valence-corrected chi connectivity index (χ4v) is 3.46. The van der Waals surface area contributed by atoms with Gasteiger partial charge in [0.2, 0.25) is 0 Å². The number of nitriles is 1. The SMILES string of the molecule is C=CCOc1ccc(CN(CC2CCCO2)C(=O)c2cccc(C#N)c2)cc1OC. The largest absolute Gasteiger partial charge is 0.493 e. The molecule has 30 heavy (non-hydrogen) atoms. The first-order valence-electron chi connectivity index (χ1n) is 9.96. The number of hydrogen-bond donors (Lipinski definition) is 0. The molecule has 6 nitrogen and oxygen atoms in total. The third-order valence-electron chi connectivity index (χ3n) is 4.93. The van der Waals surface area contributed by atoms with Gasteiger partial charge in [0, 0.05) is 25.3 Å². The van der Waals surface area contributed by atoms with Crippen LogP contribution in [0.1, 0.15) is 34.3 Å². The Hall–Kier alpha value is -3.30. The van der Waals surface area contributed by atoms with E-state index in [1.807, 2.05) is 18.2 Å². The van der Waals surface area contributed by atoms with E-state index < -0.39 is 0 Å². The zero-order valence-electron chi connectivity index (χ0n) is 17.2. The van der Waals surface area contributed by atoms with E-state index >= 15 is 0 Å². The third kappa shape index (κ3) is 5.40. The van der Waals surface area contributed by atoms with Gasteiger partial charge in [-0.05, 0) is 48.7 Å². The third-order valence-corrected chi connectivity index (χ3v) is 4.93. The van der Waals surface area contributed by atoms with Crippen molar-refractivity contribution in [3.63, 3.8) is 0 Å². The van der Waals surface area contributed by atoms with Crippen LogP contribution in [-0.4, -0.2) is 43.8 Å². The Morgan fingerprint density at radius 1 is 1.33 bits per heavy atom. The van der Waals surface area contributed by atoms with Gasteiger partial charge in [-0.1, -0.05) is 24.8 Å². The lowest BCUT2D eigenvalue weighted by molar-refractivity contribution is 0.0507. The molecule has 1 unspecified atom stereocenters. The van der Waals surface area contributed by atoms with Gasteiger partial charge < -0.3 is 19.1 Å². The predicted molar refractivity (Wildman–Crippen MR) is 114 cm³/mol. The first-order valence-corrected chi connectivity index (χ1v) is 9.96. The van der Waals surface area contributed by atoms with Gasteiger partial charge in [-0.15, -0.1) is 0 Å². The minimum Gasteiger partial charge on any atom is -0.493 e. The van der Waals surface area contributed by atoms with Crippen molar-refractivity contribution in [3.8, 4) is 17.6 Å². The molecule has 0 saturated carbocycles. The van der Waals surface area contributed by atoms with E-state index in [0.29, 0.717) is 42.3 Å². The molecule has 0 N–H and O–H groups in total. The smallest absolute Gasteiger partial charge is 0.254 e. The molecule has 6 heteroatoms. The van der Waals surface area contributed by atoms with Crippen molar-refractivity contribution in [2.45, 2.75) is 25.5 Å². The van der Waals surface area contributed by atoms with Gasteiger partial charge in [-0.2, -0.15) is 5.26 Å². The zero-order chi connectivity index (χ0) is 21.3. The van der Waals surface area contributed by atoms with Crippen molar-refractivity contribution in [1.29, 1.82) is 5.26 Å². The minimum atomic E-state index is -0.131. The van der Waals surface area contributed by atoms with Gasteiger partial charge in [0.05, 0.1) is 24.8 Å². The van der Waals surface area contributed by atoms with Crippen LogP contribution in [0.15, 0.2) is 55.1 Å². The van der Waals surface area contributed by atoms with Crippen molar-refractivity contribution in [2.75, 3.05) is 26.9 Å². The topological polar surface area (TPSA) is 71.8 Å². The molecule has 1 aliphatic heterocycles. The molecule has 2 aromatic carbocycles. The first-order chi connectivity index (χ1) is 14.6. The van der Waals surface area contributed by atoms with Gasteiger partial charge >= 0.3 is 0 Å². The molecule has 0 aliphatic carbocycles. The molecule has 0 spiro atoms. The second-order valence-electron chi connectivity index (χ2n) is 7.10. The highest BCUT2D eigenvalue weighted by molar-refractivity contribution is 5.94. The Morgan fingerprint density at radius 3 is 2.90 bits per heavy atom. The van der Waals surface area contributed by atoms with E-state index in [1.165, 1.54) is 0 Å². The number of nitrogens with zero attached hydrogens (tertiary/aromatic N) is 2. The van der Waals surface area contributed by atoms with Crippen molar-refractivity contribution < 1.29 is 19.0 Å². The zero-order valence-corrected chi connectivity index (χ0v) is 17.2. The number of methoxy groups -OCH3 is 1. The highest BCUT2D eigenvalue weighted by Gasteiger charge is 2.24. The summed E-state index contributed by atoms with van der Waals surface area (Å²) in [5, 5.41) is 9.17. The van der Waals surface area contributed by atoms with Crippen LogP contribution in [0.4, 0.5) is 0 Å². The van der Waals surface area contributed by atoms with E-state index in [4.69, 9.17) is 19.5 Å². The summed E-state index contributed by atoms with van der Waals surface area (Å²) in [5.74, 6) is 1.10. The predicted octanol–water partition coefficient (Wildman–Crippen LogP) is 3.95. The molecule has 1 amide bonds. The quantitative estimate of drug-likeness (QED) is 0.590. The number of amides is 1. The van der Waals surface area contributed by atoms with Crippen LogP contribution in [0.3, 0.4) is 0 Å². The lowest BCUT2D eigenvalue weighted by atomic mass is 10.1. The maximum Gasteiger partial charge on any atom is 0.254 e. The number of carbonyl (C=O) groups is 1. The second-order valence-corrected chi connectivity index (χ2v) is 7.10. The number of ether oxygens (including phenoxy) is 3. The molecule has 1 atom stereocenters. The fraction of sp³-hybridized carbons (Fsp3) is 0.333. The summed E-state index contributed by atoms with van der Waals surface area (Å²) in [4.78, 5) is 15.0. The molecule has 156 valence electrons. The van der Waals surface area contributed by atoms with Crippen molar-refractivity contribution >= 4 is 5.91 Å². The summed E-state index contributed by atoms with van der Waals surface area (Å²) in [6.07, 6.45) is 3.62. The van der Waals surface area contributed by atoms with Crippen LogP contribution in [-0.2, 0) is 11.3 Å². The van der Waals surface area contributed by atoms with Gasteiger partial charge in [0.1, 0.15) is 6.61 Å². The molecule has 2 aromatic rings. The monoisotopic (exact) mass is 406 g/mol. The van der Waals surface area contributed by atoms with Crippen molar-refractivity contribution in [2.24, 2.45) is 0 Å². The van der Waals surface area contributed by atoms with Gasteiger partial charge in [0.15, 0.2) is 11.5 Å². The molecule has 0 bridgehead atoms. The van der Waals surface area contributed by atoms with Crippen molar-refractivity contribution in [1.82, 2.24) is 4.90 Å². The molecule has 0 aromatic heterocycles. The fourth-order valence-electron chi connectivity index (χ4n) is 3.46. The van der Waals surface area contributed by atoms with Crippen LogP contribution < -0.4 is 9.47 Å². The maximum atomic E-state index is 13.3. The molecule has 1 heterocycles. The average molecular weight is 406 g/mol.